The number of ether oxygens (including phenoxy) is 1. The lowest BCUT2D eigenvalue weighted by atomic mass is 10.1. The van der Waals surface area contributed by atoms with Gasteiger partial charge in [-0.2, -0.15) is 0 Å². The van der Waals surface area contributed by atoms with Gasteiger partial charge in [-0.3, -0.25) is 9.59 Å². The van der Waals surface area contributed by atoms with Crippen LogP contribution in [0, 0.1) is 0 Å². The molecule has 0 bridgehead atoms. The van der Waals surface area contributed by atoms with Crippen molar-refractivity contribution in [1.29, 1.82) is 0 Å². The van der Waals surface area contributed by atoms with E-state index in [0.717, 1.165) is 36.8 Å². The van der Waals surface area contributed by atoms with Crippen LogP contribution in [0.1, 0.15) is 23.3 Å². The molecule has 7 heteroatoms. The lowest BCUT2D eigenvalue weighted by Gasteiger charge is -2.31. The van der Waals surface area contributed by atoms with Gasteiger partial charge in [0.15, 0.2) is 5.75 Å². The van der Waals surface area contributed by atoms with Crippen molar-refractivity contribution in [2.45, 2.75) is 18.9 Å². The lowest BCUT2D eigenvalue weighted by molar-refractivity contribution is 0.0695. The number of carbonyl (C=O) groups excluding carboxylic acids is 1. The molecule has 0 atom stereocenters. The molecule has 0 saturated carbocycles. The predicted octanol–water partition coefficient (Wildman–Crippen LogP) is 1.84. The number of aromatic amines is 2. The van der Waals surface area contributed by atoms with E-state index >= 15 is 0 Å². The summed E-state index contributed by atoms with van der Waals surface area (Å²) in [4.78, 5) is 33.5. The molecule has 136 valence electrons. The summed E-state index contributed by atoms with van der Waals surface area (Å²) in [5.74, 6) is 0.145. The zero-order chi connectivity index (χ0) is 18.3. The van der Waals surface area contributed by atoms with Crippen molar-refractivity contribution < 1.29 is 9.53 Å². The van der Waals surface area contributed by atoms with Gasteiger partial charge in [-0.1, -0.05) is 18.2 Å². The first kappa shape index (κ1) is 16.7. The summed E-state index contributed by atoms with van der Waals surface area (Å²) in [5.41, 5.74) is 1.41. The highest BCUT2D eigenvalue weighted by Gasteiger charge is 2.28. The number of pyridine rings is 1. The first-order valence-electron chi connectivity index (χ1n) is 8.80. The fourth-order valence-electron chi connectivity index (χ4n) is 3.79. The van der Waals surface area contributed by atoms with E-state index in [4.69, 9.17) is 4.74 Å². The predicted molar refractivity (Wildman–Crippen MR) is 101 cm³/mol. The Balaban J connectivity index is 1.87. The summed E-state index contributed by atoms with van der Waals surface area (Å²) in [7, 11) is 3.30. The average molecular weight is 354 g/mol. The van der Waals surface area contributed by atoms with Gasteiger partial charge < -0.3 is 24.9 Å². The van der Waals surface area contributed by atoms with E-state index in [0.29, 0.717) is 22.3 Å². The number of carbonyl (C=O) groups is 1. The van der Waals surface area contributed by atoms with E-state index < -0.39 is 0 Å². The minimum absolute atomic E-state index is 0.159. The van der Waals surface area contributed by atoms with Crippen LogP contribution in [0.5, 0.6) is 5.75 Å². The highest BCUT2D eigenvalue weighted by Crippen LogP contribution is 2.32. The third-order valence-corrected chi connectivity index (χ3v) is 5.22. The molecule has 1 amide bonds. The van der Waals surface area contributed by atoms with Crippen LogP contribution in [0.2, 0.25) is 0 Å². The van der Waals surface area contributed by atoms with Crippen molar-refractivity contribution in [2.24, 2.45) is 0 Å². The number of H-pyrrole nitrogens is 2. The van der Waals surface area contributed by atoms with E-state index in [1.807, 2.05) is 31.3 Å². The maximum absolute atomic E-state index is 13.1. The molecule has 1 aromatic carbocycles. The van der Waals surface area contributed by atoms with Crippen LogP contribution in [0.15, 0.2) is 29.1 Å². The fourth-order valence-corrected chi connectivity index (χ4v) is 3.79. The van der Waals surface area contributed by atoms with Gasteiger partial charge in [0.05, 0.1) is 18.1 Å². The summed E-state index contributed by atoms with van der Waals surface area (Å²) >= 11 is 0. The van der Waals surface area contributed by atoms with Crippen LogP contribution >= 0.6 is 0 Å². The van der Waals surface area contributed by atoms with Gasteiger partial charge in [0.2, 0.25) is 0 Å². The van der Waals surface area contributed by atoms with Gasteiger partial charge in [0, 0.05) is 18.5 Å². The third kappa shape index (κ3) is 2.55. The number of hydrogen-bond acceptors (Lipinski definition) is 4. The first-order valence-corrected chi connectivity index (χ1v) is 8.80. The number of methoxy groups -OCH3 is 1. The van der Waals surface area contributed by atoms with Crippen LogP contribution in [-0.4, -0.2) is 54.1 Å². The quantitative estimate of drug-likeness (QED) is 0.669. The SMILES string of the molecule is COc1c(C(=O)N(C)C2CCNCC2)[nH]c2c1c(=O)[nH]c1ccccc12. The number of nitrogens with zero attached hydrogens (tertiary/aromatic N) is 1. The summed E-state index contributed by atoms with van der Waals surface area (Å²) in [6.45, 7) is 1.80. The fraction of sp³-hybridized carbons (Fsp3) is 0.368. The Morgan fingerprint density at radius 2 is 1.92 bits per heavy atom. The molecule has 0 spiro atoms. The van der Waals surface area contributed by atoms with Crippen molar-refractivity contribution in [3.63, 3.8) is 0 Å². The summed E-state index contributed by atoms with van der Waals surface area (Å²) < 4.78 is 5.48. The number of para-hydroxylation sites is 1. The Bertz CT molecular complexity index is 1030. The van der Waals surface area contributed by atoms with Crippen LogP contribution < -0.4 is 15.6 Å². The van der Waals surface area contributed by atoms with Gasteiger partial charge in [0.25, 0.3) is 11.5 Å². The number of rotatable bonds is 3. The number of nitrogens with one attached hydrogen (secondary N) is 3. The van der Waals surface area contributed by atoms with Crippen LogP contribution in [0.25, 0.3) is 21.8 Å². The summed E-state index contributed by atoms with van der Waals surface area (Å²) in [5, 5.41) is 4.54. The maximum atomic E-state index is 13.1. The van der Waals surface area contributed by atoms with Gasteiger partial charge in [0.1, 0.15) is 11.1 Å². The molecular weight excluding hydrogens is 332 g/mol. The molecule has 0 aliphatic carbocycles. The maximum Gasteiger partial charge on any atom is 0.274 e. The molecule has 1 fully saturated rings. The van der Waals surface area contributed by atoms with Crippen LogP contribution in [-0.2, 0) is 0 Å². The number of fused-ring (bicyclic) bond motifs is 3. The standard InChI is InChI=1S/C19H22N4O3/c1-23(11-7-9-20-10-8-11)19(25)16-17(26-2)14-15(22-16)12-5-3-4-6-13(12)21-18(14)24/h3-6,11,20,22H,7-10H2,1-2H3,(H,21,24). The monoisotopic (exact) mass is 354 g/mol. The molecule has 0 unspecified atom stereocenters. The second-order valence-corrected chi connectivity index (χ2v) is 6.68. The average Bonchev–Trinajstić information content (AvgIpc) is 3.08. The number of benzene rings is 1. The molecule has 1 saturated heterocycles. The van der Waals surface area contributed by atoms with Gasteiger partial charge in [-0.05, 0) is 32.0 Å². The Morgan fingerprint density at radius 3 is 2.65 bits per heavy atom. The molecular formula is C19H22N4O3. The smallest absolute Gasteiger partial charge is 0.274 e. The highest BCUT2D eigenvalue weighted by molar-refractivity contribution is 6.11. The van der Waals surface area contributed by atoms with Gasteiger partial charge in [-0.25, -0.2) is 0 Å². The minimum atomic E-state index is -0.268. The van der Waals surface area contributed by atoms with E-state index in [1.54, 1.807) is 4.90 Å². The molecule has 3 N–H and O–H groups in total. The van der Waals surface area contributed by atoms with E-state index in [9.17, 15) is 9.59 Å². The second kappa shape index (κ2) is 6.49. The third-order valence-electron chi connectivity index (χ3n) is 5.22. The molecule has 1 aliphatic rings. The lowest BCUT2D eigenvalue weighted by Crippen LogP contribution is -2.44. The summed E-state index contributed by atoms with van der Waals surface area (Å²) in [6.07, 6.45) is 1.82. The molecule has 3 heterocycles. The zero-order valence-electron chi connectivity index (χ0n) is 14.9. The zero-order valence-corrected chi connectivity index (χ0v) is 14.9. The van der Waals surface area contributed by atoms with Crippen LogP contribution in [0.4, 0.5) is 0 Å². The van der Waals surface area contributed by atoms with Crippen LogP contribution in [0.3, 0.4) is 0 Å². The Kier molecular flexibility index (Phi) is 4.16. The molecule has 2 aromatic heterocycles. The second-order valence-electron chi connectivity index (χ2n) is 6.68. The number of hydrogen-bond donors (Lipinski definition) is 3. The minimum Gasteiger partial charge on any atom is -0.493 e. The molecule has 3 aromatic rings. The number of aromatic nitrogens is 2. The number of piperidine rings is 1. The first-order chi connectivity index (χ1) is 12.6. The molecule has 26 heavy (non-hydrogen) atoms. The topological polar surface area (TPSA) is 90.2 Å². The van der Waals surface area contributed by atoms with Crippen molar-refractivity contribution in [2.75, 3.05) is 27.2 Å². The van der Waals surface area contributed by atoms with Crippen molar-refractivity contribution in [1.82, 2.24) is 20.2 Å². The summed E-state index contributed by atoms with van der Waals surface area (Å²) in [6, 6.07) is 7.69. The number of amides is 1. The Morgan fingerprint density at radius 1 is 1.19 bits per heavy atom. The molecule has 7 nitrogen and oxygen atoms in total. The van der Waals surface area contributed by atoms with Gasteiger partial charge in [-0.15, -0.1) is 0 Å². The van der Waals surface area contributed by atoms with Crippen molar-refractivity contribution >= 4 is 27.7 Å². The molecule has 0 radical (unpaired) electrons. The highest BCUT2D eigenvalue weighted by atomic mass is 16.5. The largest absolute Gasteiger partial charge is 0.493 e. The van der Waals surface area contributed by atoms with E-state index in [-0.39, 0.29) is 17.5 Å². The normalized spacial score (nSPS) is 15.5. The van der Waals surface area contributed by atoms with Gasteiger partial charge >= 0.3 is 0 Å². The Labute approximate surface area is 150 Å². The van der Waals surface area contributed by atoms with Crippen molar-refractivity contribution in [3.05, 3.63) is 40.3 Å². The molecule has 4 rings (SSSR count). The van der Waals surface area contributed by atoms with E-state index in [2.05, 4.69) is 15.3 Å². The molecule has 1 aliphatic heterocycles. The Hall–Kier alpha value is -2.80. The van der Waals surface area contributed by atoms with Crippen molar-refractivity contribution in [3.8, 4) is 5.75 Å². The van der Waals surface area contributed by atoms with E-state index in [1.165, 1.54) is 7.11 Å².